The first-order valence-electron chi connectivity index (χ1n) is 6.44. The number of aromatic nitrogens is 2. The van der Waals surface area contributed by atoms with Crippen molar-refractivity contribution in [2.24, 2.45) is 5.92 Å². The number of nitrogens with zero attached hydrogens (tertiary/aromatic N) is 2. The normalized spacial score (nSPS) is 18.9. The van der Waals surface area contributed by atoms with Crippen molar-refractivity contribution in [2.45, 2.75) is 44.7 Å². The van der Waals surface area contributed by atoms with Gasteiger partial charge in [0.05, 0.1) is 6.54 Å². The minimum atomic E-state index is -0.857. The number of carbonyl (C=O) groups is 1. The molecule has 0 aromatic carbocycles. The molecule has 5 heteroatoms. The number of likely N-dealkylation sites (N-methyl/N-ethyl adjacent to an activating group) is 1. The monoisotopic (exact) mass is 251 g/mol. The molecule has 0 bridgehead atoms. The summed E-state index contributed by atoms with van der Waals surface area (Å²) in [7, 11) is 1.73. The molecule has 1 aliphatic carbocycles. The van der Waals surface area contributed by atoms with Crippen molar-refractivity contribution < 1.29 is 9.90 Å². The fourth-order valence-electron chi connectivity index (χ4n) is 2.56. The van der Waals surface area contributed by atoms with Crippen LogP contribution in [0.1, 0.15) is 38.4 Å². The number of carboxylic acids is 1. The molecule has 0 spiro atoms. The lowest BCUT2D eigenvalue weighted by atomic mass is 9.93. The van der Waals surface area contributed by atoms with Gasteiger partial charge < -0.3 is 15.0 Å². The first-order chi connectivity index (χ1) is 8.51. The molecular formula is C13H21N3O2. The Bertz CT molecular complexity index is 437. The molecule has 0 aliphatic heterocycles. The van der Waals surface area contributed by atoms with Crippen LogP contribution in [0.5, 0.6) is 0 Å². The Morgan fingerprint density at radius 2 is 2.33 bits per heavy atom. The number of nitrogens with one attached hydrogen (secondary N) is 1. The summed E-state index contributed by atoms with van der Waals surface area (Å²) >= 11 is 0. The van der Waals surface area contributed by atoms with E-state index in [9.17, 15) is 9.90 Å². The van der Waals surface area contributed by atoms with Crippen LogP contribution in [0, 0.1) is 5.92 Å². The van der Waals surface area contributed by atoms with Gasteiger partial charge in [-0.25, -0.2) is 4.98 Å². The molecule has 0 saturated heterocycles. The minimum Gasteiger partial charge on any atom is -0.480 e. The lowest BCUT2D eigenvalue weighted by Gasteiger charge is -2.30. The van der Waals surface area contributed by atoms with E-state index in [0.717, 1.165) is 18.7 Å². The Morgan fingerprint density at radius 3 is 2.78 bits per heavy atom. The SMILES string of the molecule is CNC(Cn1ccnc1C(C)C)(C(=O)O)C1CC1. The van der Waals surface area contributed by atoms with Crippen molar-refractivity contribution in [3.63, 3.8) is 0 Å². The molecule has 1 saturated carbocycles. The molecule has 18 heavy (non-hydrogen) atoms. The van der Waals surface area contributed by atoms with Crippen LogP contribution in [-0.2, 0) is 11.3 Å². The highest BCUT2D eigenvalue weighted by atomic mass is 16.4. The molecule has 1 heterocycles. The summed E-state index contributed by atoms with van der Waals surface area (Å²) in [4.78, 5) is 16.0. The van der Waals surface area contributed by atoms with Crippen molar-refractivity contribution in [3.05, 3.63) is 18.2 Å². The topological polar surface area (TPSA) is 67.2 Å². The van der Waals surface area contributed by atoms with Crippen LogP contribution < -0.4 is 5.32 Å². The van der Waals surface area contributed by atoms with E-state index in [0.29, 0.717) is 12.5 Å². The average molecular weight is 251 g/mol. The van der Waals surface area contributed by atoms with Gasteiger partial charge in [-0.1, -0.05) is 13.8 Å². The number of hydrogen-bond acceptors (Lipinski definition) is 3. The fourth-order valence-corrected chi connectivity index (χ4v) is 2.56. The molecule has 100 valence electrons. The van der Waals surface area contributed by atoms with Gasteiger partial charge in [-0.2, -0.15) is 0 Å². The largest absolute Gasteiger partial charge is 0.480 e. The van der Waals surface area contributed by atoms with E-state index >= 15 is 0 Å². The zero-order valence-electron chi connectivity index (χ0n) is 11.2. The van der Waals surface area contributed by atoms with Crippen molar-refractivity contribution >= 4 is 5.97 Å². The van der Waals surface area contributed by atoms with Crippen molar-refractivity contribution in [1.29, 1.82) is 0 Å². The maximum atomic E-state index is 11.6. The molecule has 1 aromatic heterocycles. The van der Waals surface area contributed by atoms with Gasteiger partial charge in [-0.3, -0.25) is 4.79 Å². The van der Waals surface area contributed by atoms with Gasteiger partial charge in [0.15, 0.2) is 0 Å². The van der Waals surface area contributed by atoms with E-state index in [1.54, 1.807) is 13.2 Å². The van der Waals surface area contributed by atoms with Crippen LogP contribution in [0.4, 0.5) is 0 Å². The van der Waals surface area contributed by atoms with Gasteiger partial charge in [0.2, 0.25) is 0 Å². The number of hydrogen-bond donors (Lipinski definition) is 2. The smallest absolute Gasteiger partial charge is 0.326 e. The standard InChI is InChI=1S/C13H21N3O2/c1-9(2)11-15-6-7-16(11)8-13(14-3,12(17)18)10-4-5-10/h6-7,9-10,14H,4-5,8H2,1-3H3,(H,17,18). The van der Waals surface area contributed by atoms with E-state index < -0.39 is 11.5 Å². The third-order valence-corrected chi connectivity index (χ3v) is 3.79. The van der Waals surface area contributed by atoms with Crippen molar-refractivity contribution in [2.75, 3.05) is 7.05 Å². The molecule has 1 unspecified atom stereocenters. The quantitative estimate of drug-likeness (QED) is 0.803. The van der Waals surface area contributed by atoms with Crippen LogP contribution in [-0.4, -0.2) is 33.2 Å². The Hall–Kier alpha value is -1.36. The maximum absolute atomic E-state index is 11.6. The number of aliphatic carboxylic acids is 1. The second-order valence-electron chi connectivity index (χ2n) is 5.37. The van der Waals surface area contributed by atoms with Crippen molar-refractivity contribution in [3.8, 4) is 0 Å². The van der Waals surface area contributed by atoms with Gasteiger partial charge in [-0.15, -0.1) is 0 Å². The minimum absolute atomic E-state index is 0.224. The average Bonchev–Trinajstić information content (AvgIpc) is 3.05. The summed E-state index contributed by atoms with van der Waals surface area (Å²) in [6.45, 7) is 4.58. The third-order valence-electron chi connectivity index (χ3n) is 3.79. The van der Waals surface area contributed by atoms with Crippen LogP contribution in [0.15, 0.2) is 12.4 Å². The van der Waals surface area contributed by atoms with Gasteiger partial charge in [0, 0.05) is 18.3 Å². The summed E-state index contributed by atoms with van der Waals surface area (Å²) in [6.07, 6.45) is 5.58. The van der Waals surface area contributed by atoms with Crippen LogP contribution >= 0.6 is 0 Å². The van der Waals surface area contributed by atoms with Crippen LogP contribution in [0.2, 0.25) is 0 Å². The number of imidazole rings is 1. The Kier molecular flexibility index (Phi) is 3.43. The van der Waals surface area contributed by atoms with Gasteiger partial charge in [-0.05, 0) is 25.8 Å². The summed E-state index contributed by atoms with van der Waals surface area (Å²) in [5, 5.41) is 12.6. The highest BCUT2D eigenvalue weighted by Crippen LogP contribution is 2.41. The summed E-state index contributed by atoms with van der Waals surface area (Å²) in [5.74, 6) is 0.692. The highest BCUT2D eigenvalue weighted by molar-refractivity contribution is 5.79. The molecular weight excluding hydrogens is 230 g/mol. The number of carboxylic acid groups (broad SMARTS) is 1. The first kappa shape index (κ1) is 13.1. The lowest BCUT2D eigenvalue weighted by Crippen LogP contribution is -2.55. The van der Waals surface area contributed by atoms with Gasteiger partial charge >= 0.3 is 5.97 Å². The van der Waals surface area contributed by atoms with Crippen LogP contribution in [0.3, 0.4) is 0 Å². The maximum Gasteiger partial charge on any atom is 0.326 e. The summed E-state index contributed by atoms with van der Waals surface area (Å²) in [5.41, 5.74) is -0.857. The molecule has 0 radical (unpaired) electrons. The highest BCUT2D eigenvalue weighted by Gasteiger charge is 2.50. The van der Waals surface area contributed by atoms with E-state index in [-0.39, 0.29) is 5.92 Å². The molecule has 0 amide bonds. The molecule has 2 N–H and O–H groups in total. The molecule has 1 fully saturated rings. The Balaban J connectivity index is 2.28. The predicted octanol–water partition coefficient (Wildman–Crippen LogP) is 1.46. The first-order valence-corrected chi connectivity index (χ1v) is 6.44. The summed E-state index contributed by atoms with van der Waals surface area (Å²) < 4.78 is 1.97. The third kappa shape index (κ3) is 2.14. The molecule has 2 rings (SSSR count). The number of rotatable bonds is 6. The molecule has 5 nitrogen and oxygen atoms in total. The fraction of sp³-hybridized carbons (Fsp3) is 0.692. The summed E-state index contributed by atoms with van der Waals surface area (Å²) in [6, 6.07) is 0. The van der Waals surface area contributed by atoms with E-state index in [1.807, 2.05) is 10.8 Å². The van der Waals surface area contributed by atoms with Crippen molar-refractivity contribution in [1.82, 2.24) is 14.9 Å². The predicted molar refractivity (Wildman–Crippen MR) is 68.5 cm³/mol. The zero-order valence-corrected chi connectivity index (χ0v) is 11.2. The van der Waals surface area contributed by atoms with E-state index in [2.05, 4.69) is 24.1 Å². The van der Waals surface area contributed by atoms with Crippen LogP contribution in [0.25, 0.3) is 0 Å². The van der Waals surface area contributed by atoms with Gasteiger partial charge in [0.25, 0.3) is 0 Å². The Morgan fingerprint density at radius 1 is 1.67 bits per heavy atom. The lowest BCUT2D eigenvalue weighted by molar-refractivity contribution is -0.146. The molecule has 1 atom stereocenters. The molecule has 1 aliphatic rings. The Labute approximate surface area is 107 Å². The second kappa shape index (κ2) is 4.72. The van der Waals surface area contributed by atoms with E-state index in [4.69, 9.17) is 0 Å². The van der Waals surface area contributed by atoms with E-state index in [1.165, 1.54) is 0 Å². The van der Waals surface area contributed by atoms with Gasteiger partial charge in [0.1, 0.15) is 11.4 Å². The second-order valence-corrected chi connectivity index (χ2v) is 5.37. The zero-order chi connectivity index (χ0) is 13.3. The molecule has 1 aromatic rings.